The van der Waals surface area contributed by atoms with Crippen molar-refractivity contribution in [2.75, 3.05) is 18.0 Å². The summed E-state index contributed by atoms with van der Waals surface area (Å²) >= 11 is 5.89. The van der Waals surface area contributed by atoms with Gasteiger partial charge in [-0.15, -0.1) is 0 Å². The minimum atomic E-state index is -1.13. The predicted octanol–water partition coefficient (Wildman–Crippen LogP) is 1.64. The van der Waals surface area contributed by atoms with Crippen LogP contribution in [0.15, 0.2) is 18.2 Å². The number of aliphatic carboxylic acids is 1. The molecule has 1 saturated heterocycles. The fourth-order valence-corrected chi connectivity index (χ4v) is 2.41. The number of hydrogen-bond acceptors (Lipinski definition) is 3. The molecule has 0 bridgehead atoms. The molecule has 1 unspecified atom stereocenters. The van der Waals surface area contributed by atoms with Crippen LogP contribution in [-0.2, 0) is 4.79 Å². The lowest BCUT2D eigenvalue weighted by atomic mass is 10.0. The molecule has 0 aromatic heterocycles. The molecule has 1 aromatic rings. The van der Waals surface area contributed by atoms with Gasteiger partial charge in [0.2, 0.25) is 0 Å². The zero-order valence-electron chi connectivity index (χ0n) is 9.61. The van der Waals surface area contributed by atoms with E-state index in [2.05, 4.69) is 0 Å². The predicted molar refractivity (Wildman–Crippen MR) is 67.6 cm³/mol. The van der Waals surface area contributed by atoms with Gasteiger partial charge in [0, 0.05) is 23.8 Å². The van der Waals surface area contributed by atoms with E-state index in [1.165, 1.54) is 0 Å². The zero-order chi connectivity index (χ0) is 12.6. The van der Waals surface area contributed by atoms with E-state index in [9.17, 15) is 4.79 Å². The molecule has 92 valence electrons. The Balaban J connectivity index is 2.24. The minimum absolute atomic E-state index is 0.338. The van der Waals surface area contributed by atoms with Crippen LogP contribution in [0.25, 0.3) is 0 Å². The van der Waals surface area contributed by atoms with Crippen molar-refractivity contribution in [2.45, 2.75) is 18.9 Å². The van der Waals surface area contributed by atoms with Gasteiger partial charge in [0.15, 0.2) is 0 Å². The van der Waals surface area contributed by atoms with E-state index in [0.717, 1.165) is 11.3 Å². The first-order chi connectivity index (χ1) is 7.92. The van der Waals surface area contributed by atoms with E-state index in [4.69, 9.17) is 22.4 Å². The van der Waals surface area contributed by atoms with Crippen molar-refractivity contribution < 1.29 is 9.90 Å². The number of benzene rings is 1. The Labute approximate surface area is 105 Å². The maximum atomic E-state index is 11.1. The normalized spacial score (nSPS) is 24.1. The molecule has 17 heavy (non-hydrogen) atoms. The van der Waals surface area contributed by atoms with E-state index in [1.54, 1.807) is 6.07 Å². The van der Waals surface area contributed by atoms with Gasteiger partial charge in [0.05, 0.1) is 0 Å². The van der Waals surface area contributed by atoms with Crippen LogP contribution < -0.4 is 10.6 Å². The molecule has 0 amide bonds. The van der Waals surface area contributed by atoms with Gasteiger partial charge < -0.3 is 15.7 Å². The lowest BCUT2D eigenvalue weighted by Crippen LogP contribution is -2.50. The van der Waals surface area contributed by atoms with E-state index < -0.39 is 11.5 Å². The SMILES string of the molecule is Cc1cc(Cl)ccc1N1CCC(N)(C(=O)O)C1. The lowest BCUT2D eigenvalue weighted by Gasteiger charge is -2.23. The van der Waals surface area contributed by atoms with Gasteiger partial charge >= 0.3 is 5.97 Å². The molecular weight excluding hydrogens is 240 g/mol. The molecular formula is C12H15ClN2O2. The fraction of sp³-hybridized carbons (Fsp3) is 0.417. The summed E-state index contributed by atoms with van der Waals surface area (Å²) in [5.74, 6) is -0.938. The summed E-state index contributed by atoms with van der Waals surface area (Å²) in [4.78, 5) is 13.1. The number of nitrogens with two attached hydrogens (primary N) is 1. The largest absolute Gasteiger partial charge is 0.480 e. The van der Waals surface area contributed by atoms with Crippen molar-refractivity contribution in [3.63, 3.8) is 0 Å². The Morgan fingerprint density at radius 1 is 1.59 bits per heavy atom. The number of nitrogens with zero attached hydrogens (tertiary/aromatic N) is 1. The second-order valence-electron chi connectivity index (χ2n) is 4.56. The Morgan fingerprint density at radius 3 is 2.82 bits per heavy atom. The third-order valence-electron chi connectivity index (χ3n) is 3.23. The standard InChI is InChI=1S/C12H15ClN2O2/c1-8-6-9(13)2-3-10(8)15-5-4-12(14,7-15)11(16)17/h2-3,6H,4-5,7,14H2,1H3,(H,16,17). The second-order valence-corrected chi connectivity index (χ2v) is 5.00. The highest BCUT2D eigenvalue weighted by atomic mass is 35.5. The summed E-state index contributed by atoms with van der Waals surface area (Å²) in [6.45, 7) is 2.95. The number of carboxylic acid groups (broad SMARTS) is 1. The van der Waals surface area contributed by atoms with Crippen molar-refractivity contribution in [1.29, 1.82) is 0 Å². The maximum Gasteiger partial charge on any atom is 0.325 e. The molecule has 1 heterocycles. The number of carbonyl (C=O) groups is 1. The number of carboxylic acids is 1. The van der Waals surface area contributed by atoms with E-state index in [-0.39, 0.29) is 0 Å². The lowest BCUT2D eigenvalue weighted by molar-refractivity contribution is -0.142. The van der Waals surface area contributed by atoms with E-state index >= 15 is 0 Å². The molecule has 1 fully saturated rings. The van der Waals surface area contributed by atoms with E-state index in [1.807, 2.05) is 24.0 Å². The summed E-state index contributed by atoms with van der Waals surface area (Å²) in [5, 5.41) is 9.76. The van der Waals surface area contributed by atoms with Crippen molar-refractivity contribution in [3.05, 3.63) is 28.8 Å². The van der Waals surface area contributed by atoms with Gasteiger partial charge in [-0.05, 0) is 37.1 Å². The maximum absolute atomic E-state index is 11.1. The van der Waals surface area contributed by atoms with Crippen molar-refractivity contribution in [3.8, 4) is 0 Å². The van der Waals surface area contributed by atoms with Crippen LogP contribution in [0.3, 0.4) is 0 Å². The van der Waals surface area contributed by atoms with Crippen LogP contribution in [0.2, 0.25) is 5.02 Å². The fourth-order valence-electron chi connectivity index (χ4n) is 2.19. The third-order valence-corrected chi connectivity index (χ3v) is 3.46. The zero-order valence-corrected chi connectivity index (χ0v) is 10.4. The Hall–Kier alpha value is -1.26. The highest BCUT2D eigenvalue weighted by Gasteiger charge is 2.41. The summed E-state index contributed by atoms with van der Waals surface area (Å²) < 4.78 is 0. The Bertz CT molecular complexity index is 464. The van der Waals surface area contributed by atoms with Gasteiger partial charge in [0.1, 0.15) is 5.54 Å². The van der Waals surface area contributed by atoms with Gasteiger partial charge in [-0.1, -0.05) is 11.6 Å². The highest BCUT2D eigenvalue weighted by molar-refractivity contribution is 6.30. The van der Waals surface area contributed by atoms with Crippen LogP contribution in [-0.4, -0.2) is 29.7 Å². The number of anilines is 1. The highest BCUT2D eigenvalue weighted by Crippen LogP contribution is 2.29. The van der Waals surface area contributed by atoms with Crippen LogP contribution >= 0.6 is 11.6 Å². The van der Waals surface area contributed by atoms with Crippen LogP contribution in [0.1, 0.15) is 12.0 Å². The van der Waals surface area contributed by atoms with Crippen LogP contribution in [0, 0.1) is 6.92 Å². The molecule has 1 aliphatic rings. The Kier molecular flexibility index (Phi) is 3.02. The number of hydrogen-bond donors (Lipinski definition) is 2. The number of halogens is 1. The smallest absolute Gasteiger partial charge is 0.325 e. The first-order valence-electron chi connectivity index (χ1n) is 5.46. The molecule has 4 nitrogen and oxygen atoms in total. The number of aryl methyl sites for hydroxylation is 1. The van der Waals surface area contributed by atoms with Gasteiger partial charge in [0.25, 0.3) is 0 Å². The molecule has 3 N–H and O–H groups in total. The van der Waals surface area contributed by atoms with Gasteiger partial charge in [-0.25, -0.2) is 0 Å². The van der Waals surface area contributed by atoms with Gasteiger partial charge in [-0.3, -0.25) is 4.79 Å². The van der Waals surface area contributed by atoms with Crippen LogP contribution in [0.5, 0.6) is 0 Å². The van der Waals surface area contributed by atoms with Gasteiger partial charge in [-0.2, -0.15) is 0 Å². The molecule has 5 heteroatoms. The molecule has 1 atom stereocenters. The quantitative estimate of drug-likeness (QED) is 0.842. The summed E-state index contributed by atoms with van der Waals surface area (Å²) in [6.07, 6.45) is 0.463. The minimum Gasteiger partial charge on any atom is -0.480 e. The second kappa shape index (κ2) is 4.20. The Morgan fingerprint density at radius 2 is 2.29 bits per heavy atom. The first kappa shape index (κ1) is 12.2. The average molecular weight is 255 g/mol. The molecule has 0 radical (unpaired) electrons. The number of rotatable bonds is 2. The average Bonchev–Trinajstić information content (AvgIpc) is 2.62. The van der Waals surface area contributed by atoms with E-state index in [0.29, 0.717) is 24.5 Å². The monoisotopic (exact) mass is 254 g/mol. The van der Waals surface area contributed by atoms with Crippen LogP contribution in [0.4, 0.5) is 5.69 Å². The topological polar surface area (TPSA) is 66.6 Å². The molecule has 0 saturated carbocycles. The molecule has 0 aliphatic carbocycles. The summed E-state index contributed by atoms with van der Waals surface area (Å²) in [6, 6.07) is 5.58. The van der Waals surface area contributed by atoms with Crippen molar-refractivity contribution >= 4 is 23.3 Å². The molecule has 0 spiro atoms. The molecule has 1 aromatic carbocycles. The summed E-state index contributed by atoms with van der Waals surface area (Å²) in [5.41, 5.74) is 6.75. The molecule has 1 aliphatic heterocycles. The first-order valence-corrected chi connectivity index (χ1v) is 5.83. The third kappa shape index (κ3) is 2.23. The van der Waals surface area contributed by atoms with Crippen molar-refractivity contribution in [1.82, 2.24) is 0 Å². The molecule has 2 rings (SSSR count). The summed E-state index contributed by atoms with van der Waals surface area (Å²) in [7, 11) is 0. The van der Waals surface area contributed by atoms with Crippen molar-refractivity contribution in [2.24, 2.45) is 5.73 Å².